The average Bonchev–Trinajstić information content (AvgIpc) is 3.04. The zero-order valence-electron chi connectivity index (χ0n) is 12.7. The fraction of sp³-hybridized carbons (Fsp3) is 0.211. The molecule has 23 heavy (non-hydrogen) atoms. The van der Waals surface area contributed by atoms with Gasteiger partial charge in [0.25, 0.3) is 0 Å². The summed E-state index contributed by atoms with van der Waals surface area (Å²) < 4.78 is 5.85. The Morgan fingerprint density at radius 3 is 2.61 bits per heavy atom. The molecule has 0 radical (unpaired) electrons. The zero-order chi connectivity index (χ0) is 16.1. The van der Waals surface area contributed by atoms with Gasteiger partial charge in [0.15, 0.2) is 5.75 Å². The Labute approximate surface area is 140 Å². The first-order valence-corrected chi connectivity index (χ1v) is 8.08. The van der Waals surface area contributed by atoms with Crippen LogP contribution in [0.3, 0.4) is 0 Å². The van der Waals surface area contributed by atoms with E-state index >= 15 is 0 Å². The van der Waals surface area contributed by atoms with E-state index in [-0.39, 0.29) is 5.91 Å². The molecule has 1 N–H and O–H groups in total. The Bertz CT molecular complexity index is 727. The number of halogens is 1. The van der Waals surface area contributed by atoms with E-state index in [2.05, 4.69) is 17.5 Å². The molecule has 1 unspecified atom stereocenters. The first-order chi connectivity index (χ1) is 11.2. The Hall–Kier alpha value is -2.26. The summed E-state index contributed by atoms with van der Waals surface area (Å²) >= 11 is 6.13. The van der Waals surface area contributed by atoms with E-state index in [1.54, 1.807) is 12.1 Å². The number of rotatable bonds is 5. The fourth-order valence-electron chi connectivity index (χ4n) is 2.61. The molecule has 0 heterocycles. The van der Waals surface area contributed by atoms with Gasteiger partial charge in [-0.1, -0.05) is 48.0 Å². The number of allylic oxidation sites excluding steroid dienone is 2. The van der Waals surface area contributed by atoms with Gasteiger partial charge >= 0.3 is 0 Å². The summed E-state index contributed by atoms with van der Waals surface area (Å²) in [5, 5.41) is 3.47. The molecular formula is C19H18ClNO2. The molecule has 1 amide bonds. The van der Waals surface area contributed by atoms with Crippen LogP contribution in [0.5, 0.6) is 11.5 Å². The zero-order valence-corrected chi connectivity index (χ0v) is 13.4. The number of ether oxygens (including phenoxy) is 1. The van der Waals surface area contributed by atoms with E-state index < -0.39 is 0 Å². The molecule has 118 valence electrons. The highest BCUT2D eigenvalue weighted by atomic mass is 35.5. The number of carbonyl (C=O) groups is 1. The summed E-state index contributed by atoms with van der Waals surface area (Å²) in [5.41, 5.74) is 0.652. The quantitative estimate of drug-likeness (QED) is 0.744. The van der Waals surface area contributed by atoms with Crippen molar-refractivity contribution in [3.63, 3.8) is 0 Å². The summed E-state index contributed by atoms with van der Waals surface area (Å²) in [6.45, 7) is 0. The predicted molar refractivity (Wildman–Crippen MR) is 93.1 cm³/mol. The molecule has 1 aliphatic rings. The number of para-hydroxylation sites is 3. The van der Waals surface area contributed by atoms with Crippen LogP contribution in [0.4, 0.5) is 5.69 Å². The Balaban J connectivity index is 1.71. The second-order valence-electron chi connectivity index (χ2n) is 5.55. The van der Waals surface area contributed by atoms with Crippen molar-refractivity contribution >= 4 is 23.2 Å². The van der Waals surface area contributed by atoms with Crippen molar-refractivity contribution in [3.8, 4) is 11.5 Å². The van der Waals surface area contributed by atoms with Crippen LogP contribution >= 0.6 is 11.6 Å². The molecule has 0 saturated carbocycles. The molecule has 0 spiro atoms. The number of hydrogen-bond donors (Lipinski definition) is 1. The van der Waals surface area contributed by atoms with Crippen LogP contribution in [0.15, 0.2) is 60.7 Å². The van der Waals surface area contributed by atoms with E-state index in [1.165, 1.54) is 0 Å². The number of carbonyl (C=O) groups excluding carboxylic acids is 1. The molecule has 3 rings (SSSR count). The summed E-state index contributed by atoms with van der Waals surface area (Å²) in [7, 11) is 0. The third kappa shape index (κ3) is 4.14. The van der Waals surface area contributed by atoms with Crippen molar-refractivity contribution < 1.29 is 9.53 Å². The number of hydrogen-bond acceptors (Lipinski definition) is 2. The lowest BCUT2D eigenvalue weighted by atomic mass is 10.1. The van der Waals surface area contributed by atoms with Gasteiger partial charge in [0.05, 0.1) is 10.7 Å². The monoisotopic (exact) mass is 327 g/mol. The lowest BCUT2D eigenvalue weighted by Crippen LogP contribution is -2.15. The normalized spacial score (nSPS) is 16.3. The number of benzene rings is 2. The highest BCUT2D eigenvalue weighted by molar-refractivity contribution is 6.32. The highest BCUT2D eigenvalue weighted by Gasteiger charge is 2.15. The van der Waals surface area contributed by atoms with Crippen LogP contribution in [-0.2, 0) is 4.79 Å². The summed E-state index contributed by atoms with van der Waals surface area (Å²) in [5.74, 6) is 1.48. The predicted octanol–water partition coefficient (Wildman–Crippen LogP) is 5.43. The lowest BCUT2D eigenvalue weighted by Gasteiger charge is -2.14. The first kappa shape index (κ1) is 15.6. The van der Waals surface area contributed by atoms with Gasteiger partial charge < -0.3 is 10.1 Å². The third-order valence-corrected chi connectivity index (χ3v) is 4.09. The SMILES string of the molecule is O=C(CC1C=CCC1)Nc1ccccc1Oc1ccccc1Cl. The molecular weight excluding hydrogens is 310 g/mol. The topological polar surface area (TPSA) is 38.3 Å². The van der Waals surface area contributed by atoms with Crippen molar-refractivity contribution in [1.82, 2.24) is 0 Å². The van der Waals surface area contributed by atoms with E-state index in [9.17, 15) is 4.79 Å². The molecule has 0 saturated heterocycles. The maximum atomic E-state index is 12.2. The standard InChI is InChI=1S/C19H18ClNO2/c20-15-9-3-5-11-17(15)23-18-12-6-4-10-16(18)21-19(22)13-14-7-1-2-8-14/h1,3-7,9-12,14H,2,8,13H2,(H,21,22). The van der Waals surface area contributed by atoms with Gasteiger partial charge in [0, 0.05) is 6.42 Å². The van der Waals surface area contributed by atoms with Gasteiger partial charge in [-0.2, -0.15) is 0 Å². The van der Waals surface area contributed by atoms with E-state index in [1.807, 2.05) is 36.4 Å². The van der Waals surface area contributed by atoms with Crippen LogP contribution < -0.4 is 10.1 Å². The minimum atomic E-state index is -0.00300. The summed E-state index contributed by atoms with van der Waals surface area (Å²) in [6, 6.07) is 14.6. The van der Waals surface area contributed by atoms with Gasteiger partial charge in [-0.25, -0.2) is 0 Å². The average molecular weight is 328 g/mol. The molecule has 1 atom stereocenters. The second kappa shape index (κ2) is 7.34. The maximum Gasteiger partial charge on any atom is 0.225 e. The molecule has 2 aromatic rings. The third-order valence-electron chi connectivity index (χ3n) is 3.78. The minimum absolute atomic E-state index is 0.00300. The molecule has 2 aromatic carbocycles. The van der Waals surface area contributed by atoms with Crippen LogP contribution in [0.1, 0.15) is 19.3 Å². The van der Waals surface area contributed by atoms with Crippen LogP contribution in [-0.4, -0.2) is 5.91 Å². The smallest absolute Gasteiger partial charge is 0.225 e. The van der Waals surface area contributed by atoms with E-state index in [0.29, 0.717) is 34.5 Å². The van der Waals surface area contributed by atoms with Crippen molar-refractivity contribution in [1.29, 1.82) is 0 Å². The van der Waals surface area contributed by atoms with Crippen molar-refractivity contribution in [2.45, 2.75) is 19.3 Å². The van der Waals surface area contributed by atoms with Crippen LogP contribution in [0.25, 0.3) is 0 Å². The number of anilines is 1. The molecule has 4 heteroatoms. The van der Waals surface area contributed by atoms with Crippen molar-refractivity contribution in [2.24, 2.45) is 5.92 Å². The van der Waals surface area contributed by atoms with Crippen molar-refractivity contribution in [2.75, 3.05) is 5.32 Å². The minimum Gasteiger partial charge on any atom is -0.454 e. The molecule has 0 fully saturated rings. The number of amides is 1. The van der Waals surface area contributed by atoms with Crippen LogP contribution in [0, 0.1) is 5.92 Å². The second-order valence-corrected chi connectivity index (χ2v) is 5.95. The van der Waals surface area contributed by atoms with Gasteiger partial charge in [-0.15, -0.1) is 0 Å². The molecule has 0 aliphatic heterocycles. The Morgan fingerprint density at radius 1 is 1.13 bits per heavy atom. The van der Waals surface area contributed by atoms with Gasteiger partial charge in [-0.3, -0.25) is 4.79 Å². The number of nitrogens with one attached hydrogen (secondary N) is 1. The molecule has 0 aromatic heterocycles. The first-order valence-electron chi connectivity index (χ1n) is 7.70. The maximum absolute atomic E-state index is 12.2. The highest BCUT2D eigenvalue weighted by Crippen LogP contribution is 2.33. The van der Waals surface area contributed by atoms with Gasteiger partial charge in [0.2, 0.25) is 5.91 Å². The lowest BCUT2D eigenvalue weighted by molar-refractivity contribution is -0.116. The molecule has 1 aliphatic carbocycles. The molecule has 3 nitrogen and oxygen atoms in total. The van der Waals surface area contributed by atoms with E-state index in [4.69, 9.17) is 16.3 Å². The summed E-state index contributed by atoms with van der Waals surface area (Å²) in [6.07, 6.45) is 6.85. The van der Waals surface area contributed by atoms with Gasteiger partial charge in [-0.05, 0) is 43.0 Å². The Morgan fingerprint density at radius 2 is 1.87 bits per heavy atom. The van der Waals surface area contributed by atoms with Gasteiger partial charge in [0.1, 0.15) is 5.75 Å². The Kier molecular flexibility index (Phi) is 4.99. The van der Waals surface area contributed by atoms with E-state index in [0.717, 1.165) is 12.8 Å². The largest absolute Gasteiger partial charge is 0.454 e. The van der Waals surface area contributed by atoms with Crippen LogP contribution in [0.2, 0.25) is 5.02 Å². The van der Waals surface area contributed by atoms with Crippen molar-refractivity contribution in [3.05, 3.63) is 65.7 Å². The summed E-state index contributed by atoms with van der Waals surface area (Å²) in [4.78, 5) is 12.2. The fourth-order valence-corrected chi connectivity index (χ4v) is 2.78. The molecule has 0 bridgehead atoms.